The third-order valence-corrected chi connectivity index (χ3v) is 18.4. The quantitative estimate of drug-likeness (QED) is 0.0479. The number of fused-ring (bicyclic) bond motifs is 1. The number of likely N-dealkylation sites (N-methyl/N-ethyl adjacent to an activating group) is 3. The van der Waals surface area contributed by atoms with Crippen molar-refractivity contribution in [2.45, 2.75) is 210 Å². The maximum absolute atomic E-state index is 14.4. The number of hydrogen-bond donors (Lipinski definition) is 5. The number of ether oxygens (including phenoxy) is 9. The Morgan fingerprint density at radius 2 is 1.62 bits per heavy atom. The van der Waals surface area contributed by atoms with Gasteiger partial charge in [0.05, 0.1) is 54.7 Å². The average Bonchev–Trinajstić information content (AvgIpc) is 3.77. The summed E-state index contributed by atoms with van der Waals surface area (Å²) in [6.45, 7) is 20.6. The molecule has 20 nitrogen and oxygen atoms in total. The fourth-order valence-electron chi connectivity index (χ4n) is 11.9. The third kappa shape index (κ3) is 15.0. The monoisotopic (exact) mass is 1210 g/mol. The van der Waals surface area contributed by atoms with Gasteiger partial charge in [0.2, 0.25) is 0 Å². The zero-order valence-corrected chi connectivity index (χ0v) is 50.8. The molecule has 5 N–H and O–H groups in total. The van der Waals surface area contributed by atoms with E-state index in [4.69, 9.17) is 42.6 Å². The van der Waals surface area contributed by atoms with E-state index in [0.29, 0.717) is 42.8 Å². The Kier molecular flexibility index (Phi) is 22.7. The summed E-state index contributed by atoms with van der Waals surface area (Å²) in [5.41, 5.74) is -1.64. The number of aliphatic hydroxyl groups excluding tert-OH is 2. The van der Waals surface area contributed by atoms with E-state index in [1.807, 2.05) is 101 Å². The zero-order chi connectivity index (χ0) is 57.8. The number of carbonyl (C=O) groups is 3. The Bertz CT molecular complexity index is 2210. The Labute approximate surface area is 470 Å². The lowest BCUT2D eigenvalue weighted by atomic mass is 9.77. The topological polar surface area (TPSA) is 245 Å². The van der Waals surface area contributed by atoms with Crippen LogP contribution in [0.3, 0.4) is 0 Å². The van der Waals surface area contributed by atoms with Crippen LogP contribution in [0.4, 0.5) is 0 Å². The average molecular weight is 1210 g/mol. The summed E-state index contributed by atoms with van der Waals surface area (Å²) in [5, 5.41) is 58.5. The van der Waals surface area contributed by atoms with Crippen molar-refractivity contribution in [3.05, 3.63) is 33.9 Å². The van der Waals surface area contributed by atoms with Gasteiger partial charge in [0.1, 0.15) is 48.1 Å². The molecule has 0 unspecified atom stereocenters. The molecule has 3 saturated heterocycles. The van der Waals surface area contributed by atoms with E-state index in [2.05, 4.69) is 4.90 Å². The molecular weight excluding hydrogens is 1110 g/mol. The number of benzene rings is 1. The Hall–Kier alpha value is -2.78. The summed E-state index contributed by atoms with van der Waals surface area (Å²) >= 11 is 1.84. The van der Waals surface area contributed by atoms with E-state index in [1.165, 1.54) is 21.1 Å². The van der Waals surface area contributed by atoms with E-state index < -0.39 is 99.9 Å². The van der Waals surface area contributed by atoms with Crippen molar-refractivity contribution < 1.29 is 82.5 Å². The number of cyclic esters (lactones) is 2. The summed E-state index contributed by atoms with van der Waals surface area (Å²) in [6, 6.07) is -1.19. The van der Waals surface area contributed by atoms with Gasteiger partial charge in [0.15, 0.2) is 16.7 Å². The second-order valence-corrected chi connectivity index (χ2v) is 24.6. The van der Waals surface area contributed by atoms with Gasteiger partial charge in [-0.15, -0.1) is 0 Å². The third-order valence-electron chi connectivity index (χ3n) is 16.8. The van der Waals surface area contributed by atoms with Gasteiger partial charge < -0.3 is 78.0 Å². The van der Waals surface area contributed by atoms with Gasteiger partial charge in [-0.05, 0) is 150 Å². The van der Waals surface area contributed by atoms with Crippen LogP contribution in [-0.2, 0) is 60.5 Å². The molecule has 0 spiro atoms. The molecule has 1 aromatic carbocycles. The fraction of sp³-hybridized carbons (Fsp3) is 0.804. The summed E-state index contributed by atoms with van der Waals surface area (Å²) in [7, 11) is 10.7. The highest BCUT2D eigenvalue weighted by atomic mass is 127. The van der Waals surface area contributed by atoms with Crippen molar-refractivity contribution >= 4 is 40.5 Å². The zero-order valence-electron chi connectivity index (χ0n) is 48.7. The number of methoxy groups -OCH3 is 2. The van der Waals surface area contributed by atoms with Crippen molar-refractivity contribution in [1.82, 2.24) is 14.7 Å². The van der Waals surface area contributed by atoms with E-state index in [9.17, 15) is 39.9 Å². The summed E-state index contributed by atoms with van der Waals surface area (Å²) in [6.07, 6.45) is -3.74. The first-order chi connectivity index (χ1) is 35.8. The van der Waals surface area contributed by atoms with E-state index in [1.54, 1.807) is 34.6 Å². The molecule has 0 saturated carbocycles. The second-order valence-electron chi connectivity index (χ2n) is 23.5. The van der Waals surface area contributed by atoms with Crippen LogP contribution < -0.4 is 4.74 Å². The number of allylic oxidation sites excluding steroid dienone is 2. The highest BCUT2D eigenvalue weighted by molar-refractivity contribution is 14.1. The summed E-state index contributed by atoms with van der Waals surface area (Å²) in [5.74, 6) is -3.35. The van der Waals surface area contributed by atoms with Crippen LogP contribution in [0.25, 0.3) is 0 Å². The lowest BCUT2D eigenvalue weighted by Crippen LogP contribution is -2.63. The highest BCUT2D eigenvalue weighted by Gasteiger charge is 2.53. The highest BCUT2D eigenvalue weighted by Crippen LogP contribution is 2.44. The predicted molar refractivity (Wildman–Crippen MR) is 294 cm³/mol. The normalized spacial score (nSPS) is 38.2. The molecule has 4 heterocycles. The molecule has 4 aliphatic heterocycles. The molecule has 0 aliphatic carbocycles. The van der Waals surface area contributed by atoms with Gasteiger partial charge in [0.25, 0.3) is 0 Å². The molecule has 3 fully saturated rings. The smallest absolute Gasteiger partial charge is 0.342 e. The van der Waals surface area contributed by atoms with Gasteiger partial charge >= 0.3 is 17.9 Å². The molecule has 1 aromatic rings. The summed E-state index contributed by atoms with van der Waals surface area (Å²) < 4.78 is 54.3. The maximum Gasteiger partial charge on any atom is 0.342 e. The van der Waals surface area contributed by atoms with Crippen LogP contribution in [0.2, 0.25) is 0 Å². The largest absolute Gasteiger partial charge is 0.507 e. The minimum atomic E-state index is -1.86. The number of hydrogen-bond acceptors (Lipinski definition) is 20. The maximum atomic E-state index is 14.4. The Morgan fingerprint density at radius 3 is 2.25 bits per heavy atom. The molecule has 18 atom stereocenters. The van der Waals surface area contributed by atoms with E-state index >= 15 is 0 Å². The lowest BCUT2D eigenvalue weighted by molar-refractivity contribution is -0.313. The number of phenols is 1. The number of nitrogens with zero attached hydrogens (tertiary/aromatic N) is 3. The first kappa shape index (κ1) is 65.0. The summed E-state index contributed by atoms with van der Waals surface area (Å²) in [4.78, 5) is 46.1. The van der Waals surface area contributed by atoms with E-state index in [0.717, 1.165) is 11.1 Å². The minimum Gasteiger partial charge on any atom is -0.507 e. The number of rotatable bonds is 16. The van der Waals surface area contributed by atoms with Crippen LogP contribution in [0.15, 0.2) is 11.6 Å². The number of esters is 3. The fourth-order valence-corrected chi connectivity index (χ4v) is 12.5. The minimum absolute atomic E-state index is 0.0817. The van der Waals surface area contributed by atoms with Crippen LogP contribution in [-0.4, -0.2) is 208 Å². The number of carbonyl (C=O) groups excluding carboxylic acids is 3. The lowest BCUT2D eigenvalue weighted by Gasteiger charge is -2.51. The van der Waals surface area contributed by atoms with Crippen molar-refractivity contribution in [2.75, 3.05) is 62.1 Å². The van der Waals surface area contributed by atoms with Gasteiger partial charge in [-0.25, -0.2) is 4.79 Å². The number of halogens is 1. The Balaban J connectivity index is 1.38. The van der Waals surface area contributed by atoms with Gasteiger partial charge in [0, 0.05) is 62.2 Å². The molecule has 0 bridgehead atoms. The standard InChI is InChI=1S/C56H92IN3O17/c1-29(18-20-37-44(62)42-38(28-72-51(42)66)32(4)46(37)69-16)19-21-40(61)71-23-22-59(14)39-24-31(3)73-52(43(39)58(12)13)76-49-33(5)45(75-41-26-55(10,70-17)48(64)36(8)74-41)34(6)50(65)77-53(57)56(11,68)47(63)35(7)60(15)27-30(2)25-54(49,9)67/h18,30-31,33-36,39,41,43,45,47-49,52-53,62-64,67-68H,19-28H2,1-17H3/b29-18+/t30-,31-,33+,34-,35-,36+,39-,41+,43+,45+,47-,48+,49-,52+,53+,54-,55-,56+/m1/s1. The number of phenolic OH excluding ortho intramolecular Hbond substituents is 1. The molecule has 5 rings (SSSR count). The van der Waals surface area contributed by atoms with Crippen LogP contribution in [0.1, 0.15) is 128 Å². The first-order valence-corrected chi connectivity index (χ1v) is 28.3. The first-order valence-electron chi connectivity index (χ1n) is 27.1. The van der Waals surface area contributed by atoms with Crippen molar-refractivity contribution in [3.63, 3.8) is 0 Å². The van der Waals surface area contributed by atoms with Crippen molar-refractivity contribution in [1.29, 1.82) is 0 Å². The van der Waals surface area contributed by atoms with Crippen LogP contribution in [0, 0.1) is 24.7 Å². The van der Waals surface area contributed by atoms with E-state index in [-0.39, 0.29) is 74.2 Å². The van der Waals surface area contributed by atoms with Crippen LogP contribution in [0.5, 0.6) is 11.5 Å². The molecular formula is C56H92IN3O17. The molecule has 77 heavy (non-hydrogen) atoms. The SMILES string of the molecule is COc1c(C)c2c(c(O)c1C/C=C(\C)CCC(=O)OCCN(C)[C@@H]1C[C@@H](C)O[C@@H](O[C@@H]3[C@@H](C)[C@H](O[C@H]4C[C@@](C)(OC)[C@@H](O)[C@H](C)O4)[C@@H](C)C(=O)O[C@H](I)[C@@](C)(O)[C@H](O)[C@@H](C)N(C)C[C@H](C)C[C@@]3(C)O)[C@H]1N(C)C)C(=O)OC2. The number of alkyl halides is 1. The molecule has 0 amide bonds. The van der Waals surface area contributed by atoms with Crippen LogP contribution >= 0.6 is 22.6 Å². The molecule has 0 aromatic heterocycles. The Morgan fingerprint density at radius 1 is 0.961 bits per heavy atom. The number of aliphatic hydroxyl groups is 4. The molecule has 21 heteroatoms. The van der Waals surface area contributed by atoms with Crippen molar-refractivity contribution in [2.24, 2.45) is 17.8 Å². The molecule has 0 radical (unpaired) electrons. The van der Waals surface area contributed by atoms with Crippen molar-refractivity contribution in [3.8, 4) is 11.5 Å². The molecule has 4 aliphatic rings. The predicted octanol–water partition coefficient (Wildman–Crippen LogP) is 5.03. The molecule has 440 valence electrons. The van der Waals surface area contributed by atoms with Gasteiger partial charge in [-0.1, -0.05) is 25.5 Å². The van der Waals surface area contributed by atoms with Gasteiger partial charge in [-0.3, -0.25) is 14.5 Å². The second kappa shape index (κ2) is 26.9. The number of aromatic hydroxyl groups is 1. The van der Waals surface area contributed by atoms with Gasteiger partial charge in [-0.2, -0.15) is 0 Å².